The van der Waals surface area contributed by atoms with Crippen LogP contribution in [0.25, 0.3) is 0 Å². The van der Waals surface area contributed by atoms with Crippen molar-refractivity contribution in [2.45, 2.75) is 150 Å². The Kier molecular flexibility index (Phi) is 24.5. The van der Waals surface area contributed by atoms with E-state index < -0.39 is 0 Å². The second-order valence-electron chi connectivity index (χ2n) is 12.0. The zero-order valence-electron chi connectivity index (χ0n) is 28.6. The molecule has 0 spiro atoms. The van der Waals surface area contributed by atoms with Crippen LogP contribution in [0.4, 0.5) is 11.4 Å². The minimum absolute atomic E-state index is 0. The molecule has 2 aromatic rings. The van der Waals surface area contributed by atoms with Crippen molar-refractivity contribution in [3.05, 3.63) is 84.0 Å². The van der Waals surface area contributed by atoms with Crippen molar-refractivity contribution >= 4 is 22.8 Å². The predicted octanol–water partition coefficient (Wildman–Crippen LogP) is 13.4. The molecule has 2 aromatic carbocycles. The molecule has 0 fully saturated rings. The van der Waals surface area contributed by atoms with Gasteiger partial charge in [0.05, 0.1) is 22.8 Å². The van der Waals surface area contributed by atoms with Gasteiger partial charge in [-0.1, -0.05) is 126 Å². The maximum Gasteiger partial charge on any atom is 0.0665 e. The molecule has 0 saturated heterocycles. The van der Waals surface area contributed by atoms with Crippen LogP contribution < -0.4 is 0 Å². The number of nitrogens with zero attached hydrogens (tertiary/aromatic N) is 2. The first-order valence-corrected chi connectivity index (χ1v) is 17.8. The summed E-state index contributed by atoms with van der Waals surface area (Å²) in [4.78, 5) is 10.4. The second-order valence-corrected chi connectivity index (χ2v) is 12.0. The number of benzene rings is 2. The summed E-state index contributed by atoms with van der Waals surface area (Å²) in [6.45, 7) is 8.95. The monoisotopic (exact) mass is 640 g/mol. The normalized spacial score (nSPS) is 12.4. The number of aryl methyl sites for hydroxylation is 2. The van der Waals surface area contributed by atoms with E-state index in [2.05, 4.69) is 101 Å². The molecule has 0 bridgehead atoms. The van der Waals surface area contributed by atoms with Crippen molar-refractivity contribution < 1.29 is 16.5 Å². The molecule has 0 heterocycles. The first-order valence-electron chi connectivity index (χ1n) is 17.8. The number of para-hydroxylation sites is 2. The van der Waals surface area contributed by atoms with Crippen LogP contribution in [0, 0.1) is 0 Å². The van der Waals surface area contributed by atoms with Crippen LogP contribution in [0.2, 0.25) is 0 Å². The summed E-state index contributed by atoms with van der Waals surface area (Å²) in [6.07, 6.45) is 32.6. The van der Waals surface area contributed by atoms with Gasteiger partial charge in [0.2, 0.25) is 0 Å². The summed E-state index contributed by atoms with van der Waals surface area (Å²) < 4.78 is 0. The number of unbranched alkanes of at least 4 members (excludes halogenated alkanes) is 11. The Labute approximate surface area is 282 Å². The predicted molar refractivity (Wildman–Crippen MR) is 194 cm³/mol. The summed E-state index contributed by atoms with van der Waals surface area (Å²) in [6, 6.07) is 17.4. The maximum atomic E-state index is 5.26. The van der Waals surface area contributed by atoms with Gasteiger partial charge in [-0.15, -0.1) is 0 Å². The first kappa shape index (κ1) is 39.8. The third-order valence-electron chi connectivity index (χ3n) is 8.13. The van der Waals surface area contributed by atoms with Crippen LogP contribution in [0.5, 0.6) is 0 Å². The average molecular weight is 642 g/mol. The molecule has 0 amide bonds. The van der Waals surface area contributed by atoms with Crippen LogP contribution in [0.1, 0.15) is 148 Å². The zero-order valence-corrected chi connectivity index (χ0v) is 29.6. The minimum atomic E-state index is 0. The fourth-order valence-corrected chi connectivity index (χ4v) is 5.39. The first-order chi connectivity index (χ1) is 21.2. The van der Waals surface area contributed by atoms with Gasteiger partial charge >= 0.3 is 0 Å². The molecule has 0 saturated carbocycles. The molecule has 2 nitrogen and oxygen atoms in total. The minimum Gasteiger partial charge on any atom is -0.252 e. The number of hydrogen-bond donors (Lipinski definition) is 0. The van der Waals surface area contributed by atoms with Gasteiger partial charge in [0, 0.05) is 16.5 Å². The van der Waals surface area contributed by atoms with Crippen molar-refractivity contribution in [3.8, 4) is 0 Å². The third-order valence-corrected chi connectivity index (χ3v) is 8.13. The number of aliphatic imine (C=N–C) groups is 2. The van der Waals surface area contributed by atoms with Crippen molar-refractivity contribution in [2.75, 3.05) is 0 Å². The summed E-state index contributed by atoms with van der Waals surface area (Å²) in [5.41, 5.74) is 7.08. The topological polar surface area (TPSA) is 24.7 Å². The Bertz CT molecular complexity index is 1110. The number of allylic oxidation sites excluding steroid dienone is 4. The van der Waals surface area contributed by atoms with Crippen LogP contribution in [-0.4, -0.2) is 11.4 Å². The van der Waals surface area contributed by atoms with E-state index in [1.54, 1.807) is 0 Å². The van der Waals surface area contributed by atoms with Gasteiger partial charge in [-0.2, -0.15) is 0 Å². The molecular formula is C41H62N2Ni. The van der Waals surface area contributed by atoms with E-state index in [0.29, 0.717) is 0 Å². The van der Waals surface area contributed by atoms with Crippen LogP contribution in [-0.2, 0) is 29.3 Å². The van der Waals surface area contributed by atoms with Gasteiger partial charge in [0.15, 0.2) is 0 Å². The van der Waals surface area contributed by atoms with E-state index in [0.717, 1.165) is 80.6 Å². The molecule has 0 aliphatic rings. The molecule has 44 heavy (non-hydrogen) atoms. The molecule has 0 aliphatic heterocycles. The molecule has 3 heteroatoms. The van der Waals surface area contributed by atoms with Crippen molar-refractivity contribution in [1.82, 2.24) is 0 Å². The summed E-state index contributed by atoms with van der Waals surface area (Å²) in [5.74, 6) is 0. The van der Waals surface area contributed by atoms with E-state index >= 15 is 0 Å². The molecule has 0 N–H and O–H groups in total. The van der Waals surface area contributed by atoms with Gasteiger partial charge in [0.1, 0.15) is 0 Å². The Balaban J connectivity index is 0.00000968. The van der Waals surface area contributed by atoms with Crippen molar-refractivity contribution in [1.29, 1.82) is 0 Å². The number of hydrogen-bond acceptors (Lipinski definition) is 2. The summed E-state index contributed by atoms with van der Waals surface area (Å²) in [7, 11) is 0. The van der Waals surface area contributed by atoms with E-state index in [4.69, 9.17) is 9.98 Å². The number of rotatable bonds is 24. The molecule has 2 rings (SSSR count). The second kappa shape index (κ2) is 27.1. The maximum absolute atomic E-state index is 5.26. The Morgan fingerprint density at radius 3 is 1.43 bits per heavy atom. The molecule has 0 unspecified atom stereocenters. The Morgan fingerprint density at radius 1 is 0.523 bits per heavy atom. The Hall–Kier alpha value is -2.25. The van der Waals surface area contributed by atoms with E-state index in [1.165, 1.54) is 75.3 Å². The van der Waals surface area contributed by atoms with Crippen LogP contribution >= 0.6 is 0 Å². The average Bonchev–Trinajstić information content (AvgIpc) is 3.02. The van der Waals surface area contributed by atoms with Gasteiger partial charge in [-0.25, -0.2) is 0 Å². The third kappa shape index (κ3) is 17.9. The fraction of sp³-hybridized carbons (Fsp3) is 0.561. The smallest absolute Gasteiger partial charge is 0.0665 e. The molecular weight excluding hydrogens is 579 g/mol. The molecule has 0 atom stereocenters. The molecule has 0 radical (unpaired) electrons. The van der Waals surface area contributed by atoms with Gasteiger partial charge in [-0.3, -0.25) is 9.98 Å². The van der Waals surface area contributed by atoms with Crippen molar-refractivity contribution in [3.63, 3.8) is 0 Å². The fourth-order valence-electron chi connectivity index (χ4n) is 5.39. The summed E-state index contributed by atoms with van der Waals surface area (Å²) in [5, 5.41) is 0. The standard InChI is InChI=1S/C41H62N2.Ni/c1-5-8-11-13-15-17-19-21-23-29-37-31-25-27-34-40(37)42-36(4)39(33-10-7-3)43-41-35-28-26-32-38(41)30-24-22-20-18-16-14-12-9-6-2;/h17-20,25-28,31-32,34-35H,5-16,21-24,29-30,33H2,1-4H3;/b19-17+,20-18+,42-36+,43-39-;. The largest absolute Gasteiger partial charge is 0.252 e. The van der Waals surface area contributed by atoms with Gasteiger partial charge in [0.25, 0.3) is 0 Å². The van der Waals surface area contributed by atoms with Crippen LogP contribution in [0.15, 0.2) is 82.8 Å². The zero-order chi connectivity index (χ0) is 30.8. The summed E-state index contributed by atoms with van der Waals surface area (Å²) >= 11 is 0. The van der Waals surface area contributed by atoms with Gasteiger partial charge < -0.3 is 0 Å². The molecule has 246 valence electrons. The van der Waals surface area contributed by atoms with E-state index in [9.17, 15) is 0 Å². The van der Waals surface area contributed by atoms with E-state index in [-0.39, 0.29) is 16.5 Å². The Morgan fingerprint density at radius 2 is 0.955 bits per heavy atom. The molecule has 0 aliphatic carbocycles. The van der Waals surface area contributed by atoms with Gasteiger partial charge in [-0.05, 0) is 107 Å². The SMILES string of the molecule is CCCCCC/C=C/CCCc1ccccc1/N=C(CCCC)\C(C)=N\c1ccccc1CCC/C=C/CCCCCC.[Ni]. The van der Waals surface area contributed by atoms with Crippen molar-refractivity contribution in [2.24, 2.45) is 9.98 Å². The van der Waals surface area contributed by atoms with Crippen LogP contribution in [0.3, 0.4) is 0 Å². The van der Waals surface area contributed by atoms with E-state index in [1.807, 2.05) is 0 Å². The quantitative estimate of drug-likeness (QED) is 0.0472. The molecule has 0 aromatic heterocycles.